The highest BCUT2D eigenvalue weighted by atomic mass is 16.4. The van der Waals surface area contributed by atoms with Crippen molar-refractivity contribution >= 4 is 49.1 Å². The molecule has 11 N–H and O–H groups in total. The van der Waals surface area contributed by atoms with Crippen LogP contribution in [0.3, 0.4) is 0 Å². The van der Waals surface area contributed by atoms with Gasteiger partial charge in [-0.05, 0) is 63.1 Å². The Bertz CT molecular complexity index is 1250. The molecule has 1 heterocycles. The number of carbonyl (C=O) groups excluding carboxylic acids is 6. The van der Waals surface area contributed by atoms with E-state index in [9.17, 15) is 28.8 Å². The third-order valence-electron chi connectivity index (χ3n) is 7.39. The fourth-order valence-corrected chi connectivity index (χ4v) is 4.55. The van der Waals surface area contributed by atoms with Crippen LogP contribution in [0.5, 0.6) is 0 Å². The van der Waals surface area contributed by atoms with Gasteiger partial charge in [-0.2, -0.15) is 0 Å². The average Bonchev–Trinajstić information content (AvgIpc) is 3.82. The standard InChI is InChI=1S/C30H46N6O6.C4H11N3.4C2H6.BH2O2/c1-3-4-16-31-26(38)14-15-27(39)34-21-28(40)32-17-6-5-9-25(37)33-20-23-10-12-24(13-11-23)29(41)35-22(2)30(42)36-18-7-8-19-36;1-2-3-7-4(5)6;4*1-2;2-1-3/h10-13,22H,3-9,14-21H2,1-2H3,(H,31,38)(H,32,40)(H,33,37)(H,34,39)(H,35,41);2-3H2,1H3,(H4,5,6,7);4*1-2H3;2-3H. The van der Waals surface area contributed by atoms with Gasteiger partial charge in [0.1, 0.15) is 6.04 Å². The highest BCUT2D eigenvalue weighted by Crippen LogP contribution is 2.10. The number of unbranched alkanes of at least 4 members (excludes halogenated alkanes) is 2. The molecule has 1 atom stereocenters. The number of hydrogen-bond donors (Lipinski definition) is 9. The van der Waals surface area contributed by atoms with Gasteiger partial charge in [-0.15, -0.1) is 0 Å². The number of nitrogens with one attached hydrogen (secondary N) is 5. The predicted molar refractivity (Wildman–Crippen MR) is 245 cm³/mol. The molecular weight excluding hydrogens is 769 g/mol. The van der Waals surface area contributed by atoms with E-state index in [1.165, 1.54) is 0 Å². The molecule has 0 bridgehead atoms. The predicted octanol–water partition coefficient (Wildman–Crippen LogP) is 3.42. The Hall–Kier alpha value is -4.71. The number of nitrogens with zero attached hydrogens (tertiary/aromatic N) is 2. The minimum absolute atomic E-state index is 0. The summed E-state index contributed by atoms with van der Waals surface area (Å²) in [4.78, 5) is 77.9. The smallest absolute Gasteiger partial charge is 0.429 e. The number of likely N-dealkylation sites (tertiary alicyclic amines) is 1. The summed E-state index contributed by atoms with van der Waals surface area (Å²) >= 11 is 0. The van der Waals surface area contributed by atoms with Crippen molar-refractivity contribution < 1.29 is 38.8 Å². The summed E-state index contributed by atoms with van der Waals surface area (Å²) in [5, 5.41) is 27.5. The second-order valence-corrected chi connectivity index (χ2v) is 11.9. The van der Waals surface area contributed by atoms with Crippen LogP contribution in [0.2, 0.25) is 0 Å². The number of nitrogens with two attached hydrogens (primary N) is 2. The van der Waals surface area contributed by atoms with Crippen molar-refractivity contribution in [3.05, 3.63) is 35.4 Å². The largest absolute Gasteiger partial charge is 0.482 e. The summed E-state index contributed by atoms with van der Waals surface area (Å²) in [5.41, 5.74) is 11.3. The molecule has 18 heteroatoms. The number of guanidine groups is 1. The van der Waals surface area contributed by atoms with Crippen LogP contribution in [0.4, 0.5) is 0 Å². The van der Waals surface area contributed by atoms with Gasteiger partial charge >= 0.3 is 7.69 Å². The topological polar surface area (TPSA) is 271 Å². The molecule has 0 aliphatic carbocycles. The first kappa shape index (κ1) is 64.4. The van der Waals surface area contributed by atoms with E-state index in [0.717, 1.165) is 57.3 Å². The first-order chi connectivity index (χ1) is 28.9. The number of aliphatic imine (C=N–C) groups is 1. The van der Waals surface area contributed by atoms with Gasteiger partial charge in [-0.3, -0.25) is 33.8 Å². The summed E-state index contributed by atoms with van der Waals surface area (Å²) in [5.74, 6) is -1.19. The van der Waals surface area contributed by atoms with Gasteiger partial charge in [0.2, 0.25) is 29.5 Å². The van der Waals surface area contributed by atoms with E-state index in [1.807, 2.05) is 69.2 Å². The van der Waals surface area contributed by atoms with Crippen molar-refractivity contribution in [2.75, 3.05) is 39.3 Å². The molecule has 1 aromatic carbocycles. The molecule has 0 spiro atoms. The lowest BCUT2D eigenvalue weighted by Gasteiger charge is -2.21. The zero-order valence-electron chi connectivity index (χ0n) is 38.9. The maximum atomic E-state index is 12.5. The Balaban J connectivity index is -0.000000478. The van der Waals surface area contributed by atoms with Gasteiger partial charge in [-0.25, -0.2) is 0 Å². The lowest BCUT2D eigenvalue weighted by Crippen LogP contribution is -2.45. The third kappa shape index (κ3) is 40.1. The SMILES string of the molecule is CC.CC.CC.CC.CCCCNC(=O)CCC(=O)NCC(=O)NCCCCC(=O)NCc1ccc(C(=O)NC(C)C(=O)N2CCCC2)cc1.CCCN=C(N)N.O[B]O. The maximum Gasteiger partial charge on any atom is 0.482 e. The summed E-state index contributed by atoms with van der Waals surface area (Å²) in [6.07, 6.45) is 6.46. The van der Waals surface area contributed by atoms with Crippen LogP contribution in [-0.2, 0) is 30.5 Å². The van der Waals surface area contributed by atoms with E-state index in [-0.39, 0.29) is 68.5 Å². The van der Waals surface area contributed by atoms with Crippen molar-refractivity contribution in [2.45, 2.75) is 153 Å². The van der Waals surface area contributed by atoms with Crippen LogP contribution < -0.4 is 38.1 Å². The van der Waals surface area contributed by atoms with Gasteiger partial charge in [-0.1, -0.05) is 87.8 Å². The van der Waals surface area contributed by atoms with Crippen molar-refractivity contribution in [2.24, 2.45) is 16.5 Å². The molecule has 2 rings (SSSR count). The summed E-state index contributed by atoms with van der Waals surface area (Å²) in [6.45, 7) is 25.1. The van der Waals surface area contributed by atoms with E-state index in [2.05, 4.69) is 31.6 Å². The van der Waals surface area contributed by atoms with Gasteiger partial charge in [0, 0.05) is 64.1 Å². The summed E-state index contributed by atoms with van der Waals surface area (Å²) < 4.78 is 0. The quantitative estimate of drug-likeness (QED) is 0.0399. The molecule has 60 heavy (non-hydrogen) atoms. The van der Waals surface area contributed by atoms with Crippen molar-refractivity contribution in [3.8, 4) is 0 Å². The lowest BCUT2D eigenvalue weighted by atomic mass is 10.1. The Kier molecular flexibility index (Phi) is 52.3. The third-order valence-corrected chi connectivity index (χ3v) is 7.39. The second kappa shape index (κ2) is 48.7. The van der Waals surface area contributed by atoms with Crippen LogP contribution in [0, 0.1) is 0 Å². The Morgan fingerprint density at radius 3 is 1.67 bits per heavy atom. The fourth-order valence-electron chi connectivity index (χ4n) is 4.55. The van der Waals surface area contributed by atoms with E-state index in [4.69, 9.17) is 21.5 Å². The molecule has 1 fully saturated rings. The number of hydrogen-bond acceptors (Lipinski definition) is 9. The van der Waals surface area contributed by atoms with Crippen molar-refractivity contribution in [3.63, 3.8) is 0 Å². The maximum absolute atomic E-state index is 12.5. The molecule has 17 nitrogen and oxygen atoms in total. The molecule has 1 aromatic rings. The zero-order chi connectivity index (χ0) is 47.1. The first-order valence-electron chi connectivity index (χ1n) is 21.8. The van der Waals surface area contributed by atoms with E-state index in [0.29, 0.717) is 44.5 Å². The summed E-state index contributed by atoms with van der Waals surface area (Å²) in [6, 6.07) is 6.27. The molecule has 0 aromatic heterocycles. The summed E-state index contributed by atoms with van der Waals surface area (Å²) in [7, 11) is 0. The van der Waals surface area contributed by atoms with Gasteiger partial charge in [0.25, 0.3) is 5.91 Å². The molecule has 1 unspecified atom stereocenters. The molecule has 6 amide bonds. The number of amides is 6. The van der Waals surface area contributed by atoms with Crippen LogP contribution in [-0.4, -0.2) is 109 Å². The van der Waals surface area contributed by atoms with Crippen LogP contribution in [0.1, 0.15) is 156 Å². The normalized spacial score (nSPS) is 10.8. The van der Waals surface area contributed by atoms with Gasteiger partial charge in [0.05, 0.1) is 6.54 Å². The lowest BCUT2D eigenvalue weighted by molar-refractivity contribution is -0.131. The number of rotatable bonds is 20. The van der Waals surface area contributed by atoms with Crippen molar-refractivity contribution in [1.29, 1.82) is 0 Å². The highest BCUT2D eigenvalue weighted by Gasteiger charge is 2.24. The fraction of sp³-hybridized carbons (Fsp3) is 0.690. The second-order valence-electron chi connectivity index (χ2n) is 11.9. The Morgan fingerprint density at radius 2 is 1.18 bits per heavy atom. The van der Waals surface area contributed by atoms with Gasteiger partial charge < -0.3 is 53.0 Å². The average molecular weight is 853 g/mol. The zero-order valence-corrected chi connectivity index (χ0v) is 38.9. The Morgan fingerprint density at radius 1 is 0.700 bits per heavy atom. The molecule has 1 aliphatic heterocycles. The van der Waals surface area contributed by atoms with E-state index >= 15 is 0 Å². The molecule has 1 aliphatic rings. The minimum atomic E-state index is -0.588. The first-order valence-corrected chi connectivity index (χ1v) is 21.8. The minimum Gasteiger partial charge on any atom is -0.429 e. The van der Waals surface area contributed by atoms with Crippen LogP contribution in [0.15, 0.2) is 29.3 Å². The van der Waals surface area contributed by atoms with Crippen LogP contribution in [0.25, 0.3) is 0 Å². The van der Waals surface area contributed by atoms with E-state index < -0.39 is 6.04 Å². The van der Waals surface area contributed by atoms with Gasteiger partial charge in [0.15, 0.2) is 5.96 Å². The van der Waals surface area contributed by atoms with E-state index in [1.54, 1.807) is 36.1 Å². The Labute approximate surface area is 362 Å². The monoisotopic (exact) mass is 853 g/mol. The molecule has 1 saturated heterocycles. The molecular formula is C42H83BN9O8. The van der Waals surface area contributed by atoms with Crippen LogP contribution >= 0.6 is 0 Å². The highest BCUT2D eigenvalue weighted by molar-refractivity contribution is 6.13. The molecule has 1 radical (unpaired) electrons. The number of carbonyl (C=O) groups is 6. The number of benzene rings is 1. The van der Waals surface area contributed by atoms with Crippen molar-refractivity contribution in [1.82, 2.24) is 31.5 Å². The molecule has 347 valence electrons. The molecule has 0 saturated carbocycles.